The van der Waals surface area contributed by atoms with E-state index >= 15 is 0 Å². The Morgan fingerprint density at radius 3 is 2.00 bits per heavy atom. The minimum absolute atomic E-state index is 0. The summed E-state index contributed by atoms with van der Waals surface area (Å²) in [6.07, 6.45) is 0. The Balaban J connectivity index is 0.00000312. The summed E-state index contributed by atoms with van der Waals surface area (Å²) in [6, 6.07) is 10.2. The van der Waals surface area contributed by atoms with E-state index in [2.05, 4.69) is 9.47 Å². The second-order valence-electron chi connectivity index (χ2n) is 4.70. The van der Waals surface area contributed by atoms with Gasteiger partial charge < -0.3 is 14.0 Å². The van der Waals surface area contributed by atoms with Crippen LogP contribution in [0.4, 0.5) is 0 Å². The van der Waals surface area contributed by atoms with Gasteiger partial charge in [-0.25, -0.2) is 18.0 Å². The summed E-state index contributed by atoms with van der Waals surface area (Å²) in [6.45, 7) is 0. The molecule has 0 radical (unpaired) electrons. The van der Waals surface area contributed by atoms with Gasteiger partial charge >= 0.3 is 30.8 Å². The maximum atomic E-state index is 11.9. The van der Waals surface area contributed by atoms with E-state index in [-0.39, 0.29) is 30.0 Å². The van der Waals surface area contributed by atoms with Crippen LogP contribution in [0.5, 0.6) is 0 Å². The number of carbonyl (C=O) groups is 2. The van der Waals surface area contributed by atoms with E-state index in [1.807, 2.05) is 0 Å². The molecule has 0 spiro atoms. The molecule has 0 aliphatic rings. The normalized spacial score (nSPS) is 10.5. The van der Waals surface area contributed by atoms with Gasteiger partial charge in [0.25, 0.3) is 0 Å². The van der Waals surface area contributed by atoms with Gasteiger partial charge in [0, 0.05) is 5.56 Å². The van der Waals surface area contributed by atoms with E-state index < -0.39 is 32.5 Å². The number of hydrogen-bond acceptors (Lipinski definition) is 7. The van der Waals surface area contributed by atoms with E-state index in [9.17, 15) is 22.6 Å². The summed E-state index contributed by atoms with van der Waals surface area (Å²) in [4.78, 5) is 23.0. The minimum atomic E-state index is -5.02. The number of carbonyl (C=O) groups excluding carboxylic acids is 2. The topological polar surface area (TPSA) is 110 Å². The van der Waals surface area contributed by atoms with E-state index in [1.54, 1.807) is 30.3 Å². The van der Waals surface area contributed by atoms with E-state index in [0.717, 1.165) is 20.3 Å². The van der Waals surface area contributed by atoms with Crippen molar-refractivity contribution in [2.45, 2.75) is 4.90 Å². The van der Waals surface area contributed by atoms with Crippen LogP contribution in [0, 0.1) is 0 Å². The van der Waals surface area contributed by atoms with Crippen LogP contribution in [0.1, 0.15) is 20.7 Å². The standard InChI is InChI=1S/C16H14O7S.Li/c1-22-15(17)11-8-12(10-6-4-3-5-7-10)14(24(19,20)21)13(9-11)16(18)23-2;/h3-9H,1-2H3,(H,19,20,21);/q;+1/p-1. The summed E-state index contributed by atoms with van der Waals surface area (Å²) >= 11 is 0. The van der Waals surface area contributed by atoms with Crippen LogP contribution in [0.3, 0.4) is 0 Å². The van der Waals surface area contributed by atoms with E-state index in [1.165, 1.54) is 6.07 Å². The molecule has 0 fully saturated rings. The van der Waals surface area contributed by atoms with Crippen molar-refractivity contribution in [2.24, 2.45) is 0 Å². The number of rotatable bonds is 4. The van der Waals surface area contributed by atoms with Crippen molar-refractivity contribution in [1.82, 2.24) is 0 Å². The summed E-state index contributed by atoms with van der Waals surface area (Å²) < 4.78 is 44.4. The quantitative estimate of drug-likeness (QED) is 0.386. The fraction of sp³-hybridized carbons (Fsp3) is 0.125. The van der Waals surface area contributed by atoms with Crippen molar-refractivity contribution in [1.29, 1.82) is 0 Å². The van der Waals surface area contributed by atoms with Gasteiger partial charge in [0.15, 0.2) is 0 Å². The fourth-order valence-corrected chi connectivity index (χ4v) is 3.09. The van der Waals surface area contributed by atoms with Crippen molar-refractivity contribution in [3.63, 3.8) is 0 Å². The molecule has 2 rings (SSSR count). The molecule has 0 N–H and O–H groups in total. The second kappa shape index (κ2) is 8.32. The van der Waals surface area contributed by atoms with Gasteiger partial charge in [0.1, 0.15) is 10.1 Å². The molecule has 0 saturated heterocycles. The Kier molecular flexibility index (Phi) is 6.96. The number of methoxy groups -OCH3 is 2. The molecule has 7 nitrogen and oxygen atoms in total. The zero-order chi connectivity index (χ0) is 17.9. The second-order valence-corrected chi connectivity index (χ2v) is 6.02. The maximum absolute atomic E-state index is 11.9. The molecule has 126 valence electrons. The van der Waals surface area contributed by atoms with Gasteiger partial charge in [0.05, 0.1) is 30.2 Å². The predicted octanol–water partition coefficient (Wildman–Crippen LogP) is -1.17. The molecule has 0 saturated carbocycles. The van der Waals surface area contributed by atoms with Crippen LogP contribution in [0.15, 0.2) is 47.4 Å². The molecular formula is C16H13LiO7S. The van der Waals surface area contributed by atoms with E-state index in [0.29, 0.717) is 5.56 Å². The average molecular weight is 356 g/mol. The number of hydrogen-bond donors (Lipinski definition) is 0. The molecule has 2 aromatic rings. The average Bonchev–Trinajstić information content (AvgIpc) is 2.59. The van der Waals surface area contributed by atoms with Crippen molar-refractivity contribution >= 4 is 22.1 Å². The first kappa shape index (κ1) is 20.9. The molecule has 9 heteroatoms. The van der Waals surface area contributed by atoms with Gasteiger partial charge in [-0.05, 0) is 17.7 Å². The van der Waals surface area contributed by atoms with Gasteiger partial charge in [-0.1, -0.05) is 30.3 Å². The Morgan fingerprint density at radius 2 is 1.52 bits per heavy atom. The van der Waals surface area contributed by atoms with Crippen LogP contribution in [0.2, 0.25) is 0 Å². The fourth-order valence-electron chi connectivity index (χ4n) is 2.23. The molecule has 0 unspecified atom stereocenters. The number of esters is 2. The zero-order valence-electron chi connectivity index (χ0n) is 13.8. The SMILES string of the molecule is COC(=O)c1cc(C(=O)OC)c(S(=O)(=O)[O-])c(-c2ccccc2)c1.[Li+]. The molecule has 0 heterocycles. The van der Waals surface area contributed by atoms with Gasteiger partial charge in [0.2, 0.25) is 0 Å². The monoisotopic (exact) mass is 356 g/mol. The first-order valence-electron chi connectivity index (χ1n) is 6.65. The Bertz CT molecular complexity index is 892. The molecule has 25 heavy (non-hydrogen) atoms. The zero-order valence-corrected chi connectivity index (χ0v) is 14.6. The molecular weight excluding hydrogens is 343 g/mol. The number of ether oxygens (including phenoxy) is 2. The predicted molar refractivity (Wildman–Crippen MR) is 82.5 cm³/mol. The van der Waals surface area contributed by atoms with Crippen LogP contribution in [-0.2, 0) is 19.6 Å². The largest absolute Gasteiger partial charge is 1.00 e. The first-order valence-corrected chi connectivity index (χ1v) is 8.06. The van der Waals surface area contributed by atoms with Crippen LogP contribution < -0.4 is 18.9 Å². The summed E-state index contributed by atoms with van der Waals surface area (Å²) in [5.74, 6) is -1.83. The summed E-state index contributed by atoms with van der Waals surface area (Å²) in [7, 11) is -2.84. The Labute approximate surface area is 156 Å². The molecule has 0 aromatic heterocycles. The Hall–Kier alpha value is -2.11. The van der Waals surface area contributed by atoms with Gasteiger partial charge in [-0.15, -0.1) is 0 Å². The third kappa shape index (κ3) is 4.49. The van der Waals surface area contributed by atoms with Crippen LogP contribution in [0.25, 0.3) is 11.1 Å². The minimum Gasteiger partial charge on any atom is -0.744 e. The summed E-state index contributed by atoms with van der Waals surface area (Å²) in [5.41, 5.74) is -0.324. The third-order valence-corrected chi connectivity index (χ3v) is 4.19. The number of benzene rings is 2. The molecule has 0 bridgehead atoms. The van der Waals surface area contributed by atoms with Gasteiger partial charge in [-0.3, -0.25) is 0 Å². The van der Waals surface area contributed by atoms with E-state index in [4.69, 9.17) is 0 Å². The van der Waals surface area contributed by atoms with Gasteiger partial charge in [-0.2, -0.15) is 0 Å². The van der Waals surface area contributed by atoms with Crippen molar-refractivity contribution in [3.8, 4) is 11.1 Å². The summed E-state index contributed by atoms with van der Waals surface area (Å²) in [5, 5.41) is 0. The third-order valence-electron chi connectivity index (χ3n) is 3.25. The van der Waals surface area contributed by atoms with Crippen molar-refractivity contribution in [2.75, 3.05) is 14.2 Å². The molecule has 0 atom stereocenters. The molecule has 0 amide bonds. The Morgan fingerprint density at radius 1 is 0.960 bits per heavy atom. The smallest absolute Gasteiger partial charge is 0.744 e. The maximum Gasteiger partial charge on any atom is 1.00 e. The van der Waals surface area contributed by atoms with Crippen molar-refractivity contribution < 1.29 is 50.9 Å². The molecule has 0 aliphatic carbocycles. The van der Waals surface area contributed by atoms with Crippen LogP contribution >= 0.6 is 0 Å². The first-order chi connectivity index (χ1) is 11.3. The van der Waals surface area contributed by atoms with Crippen molar-refractivity contribution in [3.05, 3.63) is 53.6 Å². The molecule has 2 aromatic carbocycles. The van der Waals surface area contributed by atoms with Crippen LogP contribution in [-0.4, -0.2) is 39.1 Å². The molecule has 0 aliphatic heterocycles.